The molecular weight excluding hydrogens is 366 g/mol. The van der Waals surface area contributed by atoms with Crippen molar-refractivity contribution >= 4 is 42.3 Å². The van der Waals surface area contributed by atoms with Gasteiger partial charge in [-0.05, 0) is 13.3 Å². The van der Waals surface area contributed by atoms with Gasteiger partial charge in [0.1, 0.15) is 18.6 Å². The molecule has 0 aromatic rings. The summed E-state index contributed by atoms with van der Waals surface area (Å²) in [6, 6.07) is -2.30. The molecule has 0 aliphatic carbocycles. The molecule has 2 unspecified atom stereocenters. The number of carbonyl (C=O) groups excluding carboxylic acids is 4. The molecular formula is C15H25N3O7S. The highest BCUT2D eigenvalue weighted by molar-refractivity contribution is 7.80. The molecule has 10 nitrogen and oxygen atoms in total. The lowest BCUT2D eigenvalue weighted by molar-refractivity contribution is -0.151. The predicted molar refractivity (Wildman–Crippen MR) is 94.3 cm³/mol. The van der Waals surface area contributed by atoms with Crippen LogP contribution < -0.4 is 11.1 Å². The molecule has 11 heteroatoms. The minimum absolute atomic E-state index is 0.0494. The standard InChI is InChI=1S/C15H25N3O7S/c1-3-11(19)18(10(8-26)14(23)17-7-13(21)22)12(20)6-5-9(16)15(24)25-4-2/h9-10,26H,3-8,16H2,1-2H3,(H,17,23)(H,21,22). The van der Waals surface area contributed by atoms with Gasteiger partial charge in [-0.15, -0.1) is 0 Å². The molecule has 0 radical (unpaired) electrons. The van der Waals surface area contributed by atoms with E-state index >= 15 is 0 Å². The van der Waals surface area contributed by atoms with Crippen LogP contribution in [0.2, 0.25) is 0 Å². The number of carbonyl (C=O) groups is 5. The number of carboxylic acids is 1. The van der Waals surface area contributed by atoms with Crippen molar-refractivity contribution in [3.05, 3.63) is 0 Å². The Bertz CT molecular complexity index is 541. The Morgan fingerprint density at radius 2 is 1.81 bits per heavy atom. The Morgan fingerprint density at radius 1 is 1.19 bits per heavy atom. The van der Waals surface area contributed by atoms with Gasteiger partial charge in [-0.25, -0.2) is 0 Å². The molecule has 0 spiro atoms. The smallest absolute Gasteiger partial charge is 0.322 e. The van der Waals surface area contributed by atoms with Crippen molar-refractivity contribution < 1.29 is 33.8 Å². The summed E-state index contributed by atoms with van der Waals surface area (Å²) in [6.07, 6.45) is -0.379. The van der Waals surface area contributed by atoms with Crippen LogP contribution in [0.15, 0.2) is 0 Å². The van der Waals surface area contributed by atoms with Gasteiger partial charge in [-0.3, -0.25) is 28.9 Å². The number of aliphatic carboxylic acids is 1. The topological polar surface area (TPSA) is 156 Å². The second kappa shape index (κ2) is 12.3. The van der Waals surface area contributed by atoms with Gasteiger partial charge in [0, 0.05) is 18.6 Å². The van der Waals surface area contributed by atoms with E-state index in [0.717, 1.165) is 4.90 Å². The molecule has 0 aromatic carbocycles. The van der Waals surface area contributed by atoms with Gasteiger partial charge in [0.25, 0.3) is 0 Å². The van der Waals surface area contributed by atoms with Crippen molar-refractivity contribution in [1.29, 1.82) is 0 Å². The Kier molecular flexibility index (Phi) is 11.2. The van der Waals surface area contributed by atoms with Gasteiger partial charge in [0.2, 0.25) is 17.7 Å². The van der Waals surface area contributed by atoms with Gasteiger partial charge in [0.05, 0.1) is 6.61 Å². The number of hydrogen-bond acceptors (Lipinski definition) is 8. The number of ether oxygens (including phenoxy) is 1. The molecule has 0 bridgehead atoms. The lowest BCUT2D eigenvalue weighted by atomic mass is 10.1. The Morgan fingerprint density at radius 3 is 2.27 bits per heavy atom. The second-order valence-corrected chi connectivity index (χ2v) is 5.58. The number of nitrogens with two attached hydrogens (primary N) is 1. The monoisotopic (exact) mass is 391 g/mol. The molecule has 148 valence electrons. The molecule has 0 aliphatic rings. The summed E-state index contributed by atoms with van der Waals surface area (Å²) in [7, 11) is 0. The first-order chi connectivity index (χ1) is 12.2. The van der Waals surface area contributed by atoms with Crippen LogP contribution in [-0.4, -0.2) is 70.7 Å². The molecule has 0 aliphatic heterocycles. The highest BCUT2D eigenvalue weighted by atomic mass is 32.1. The van der Waals surface area contributed by atoms with Crippen LogP contribution in [0.5, 0.6) is 0 Å². The second-order valence-electron chi connectivity index (χ2n) is 5.22. The summed E-state index contributed by atoms with van der Waals surface area (Å²) in [5, 5.41) is 10.7. The quantitative estimate of drug-likeness (QED) is 0.256. The van der Waals surface area contributed by atoms with Crippen molar-refractivity contribution in [3.8, 4) is 0 Å². The number of thiol groups is 1. The lowest BCUT2D eigenvalue weighted by Crippen LogP contribution is -2.54. The highest BCUT2D eigenvalue weighted by Crippen LogP contribution is 2.11. The van der Waals surface area contributed by atoms with Gasteiger partial charge in [-0.2, -0.15) is 12.6 Å². The average molecular weight is 391 g/mol. The number of esters is 1. The van der Waals surface area contributed by atoms with Crippen LogP contribution in [0.1, 0.15) is 33.1 Å². The zero-order valence-electron chi connectivity index (χ0n) is 14.8. The Labute approximate surface area is 156 Å². The largest absolute Gasteiger partial charge is 0.480 e. The number of rotatable bonds is 11. The van der Waals surface area contributed by atoms with Gasteiger partial charge < -0.3 is 20.9 Å². The first kappa shape index (κ1) is 23.9. The minimum Gasteiger partial charge on any atom is -0.480 e. The predicted octanol–water partition coefficient (Wildman–Crippen LogP) is -1.08. The zero-order chi connectivity index (χ0) is 20.3. The molecule has 26 heavy (non-hydrogen) atoms. The van der Waals surface area contributed by atoms with Crippen LogP contribution in [0, 0.1) is 0 Å². The highest BCUT2D eigenvalue weighted by Gasteiger charge is 2.33. The van der Waals surface area contributed by atoms with Crippen molar-refractivity contribution in [2.75, 3.05) is 18.9 Å². The third kappa shape index (κ3) is 7.83. The SMILES string of the molecule is CCOC(=O)C(N)CCC(=O)N(C(=O)CC)C(CS)C(=O)NCC(=O)O. The molecule has 2 atom stereocenters. The average Bonchev–Trinajstić information content (AvgIpc) is 2.61. The fourth-order valence-electron chi connectivity index (χ4n) is 1.99. The van der Waals surface area contributed by atoms with E-state index in [0.29, 0.717) is 0 Å². The molecule has 0 fully saturated rings. The number of imide groups is 1. The van der Waals surface area contributed by atoms with E-state index in [-0.39, 0.29) is 31.6 Å². The zero-order valence-corrected chi connectivity index (χ0v) is 15.7. The molecule has 0 rings (SSSR count). The summed E-state index contributed by atoms with van der Waals surface area (Å²) >= 11 is 3.98. The normalized spacial score (nSPS) is 12.6. The summed E-state index contributed by atoms with van der Waals surface area (Å²) in [4.78, 5) is 59.5. The molecule has 0 heterocycles. The van der Waals surface area contributed by atoms with Gasteiger partial charge >= 0.3 is 11.9 Å². The van der Waals surface area contributed by atoms with E-state index in [9.17, 15) is 24.0 Å². The van der Waals surface area contributed by atoms with Crippen LogP contribution >= 0.6 is 12.6 Å². The van der Waals surface area contributed by atoms with Crippen LogP contribution in [0.3, 0.4) is 0 Å². The first-order valence-corrected chi connectivity index (χ1v) is 8.70. The van der Waals surface area contributed by atoms with E-state index in [1.54, 1.807) is 6.92 Å². The molecule has 0 saturated heterocycles. The summed E-state index contributed by atoms with van der Waals surface area (Å²) in [6.45, 7) is 2.62. The summed E-state index contributed by atoms with van der Waals surface area (Å²) < 4.78 is 4.74. The summed E-state index contributed by atoms with van der Waals surface area (Å²) in [5.41, 5.74) is 5.62. The van der Waals surface area contributed by atoms with Gasteiger partial charge in [-0.1, -0.05) is 6.92 Å². The number of hydrogen-bond donors (Lipinski definition) is 4. The first-order valence-electron chi connectivity index (χ1n) is 8.06. The van der Waals surface area contributed by atoms with Crippen molar-refractivity contribution in [2.45, 2.75) is 45.2 Å². The Balaban J connectivity index is 5.12. The molecule has 4 N–H and O–H groups in total. The van der Waals surface area contributed by atoms with E-state index in [2.05, 4.69) is 17.9 Å². The van der Waals surface area contributed by atoms with Crippen molar-refractivity contribution in [2.24, 2.45) is 5.73 Å². The minimum atomic E-state index is -1.27. The van der Waals surface area contributed by atoms with E-state index < -0.39 is 48.3 Å². The van der Waals surface area contributed by atoms with Crippen molar-refractivity contribution in [1.82, 2.24) is 10.2 Å². The lowest BCUT2D eigenvalue weighted by Gasteiger charge is -2.28. The maximum atomic E-state index is 12.4. The van der Waals surface area contributed by atoms with E-state index in [1.807, 2.05) is 0 Å². The van der Waals surface area contributed by atoms with Crippen LogP contribution in [0.25, 0.3) is 0 Å². The van der Waals surface area contributed by atoms with E-state index in [1.165, 1.54) is 6.92 Å². The fraction of sp³-hybridized carbons (Fsp3) is 0.667. The van der Waals surface area contributed by atoms with Crippen molar-refractivity contribution in [3.63, 3.8) is 0 Å². The van der Waals surface area contributed by atoms with E-state index in [4.69, 9.17) is 15.6 Å². The third-order valence-electron chi connectivity index (χ3n) is 3.30. The molecule has 0 saturated carbocycles. The third-order valence-corrected chi connectivity index (χ3v) is 3.65. The van der Waals surface area contributed by atoms with Crippen LogP contribution in [0.4, 0.5) is 0 Å². The number of nitrogens with zero attached hydrogens (tertiary/aromatic N) is 1. The fourth-order valence-corrected chi connectivity index (χ4v) is 2.32. The Hall–Kier alpha value is -2.14. The number of nitrogens with one attached hydrogen (secondary N) is 1. The maximum Gasteiger partial charge on any atom is 0.322 e. The molecule has 0 aromatic heterocycles. The maximum absolute atomic E-state index is 12.4. The van der Waals surface area contributed by atoms with Gasteiger partial charge in [0.15, 0.2) is 0 Å². The molecule has 3 amide bonds. The number of amides is 3. The summed E-state index contributed by atoms with van der Waals surface area (Å²) in [5.74, 6) is -4.26. The van der Waals surface area contributed by atoms with Crippen LogP contribution in [-0.2, 0) is 28.7 Å². The number of carboxylic acid groups (broad SMARTS) is 1.